The van der Waals surface area contributed by atoms with Crippen molar-refractivity contribution in [1.29, 1.82) is 0 Å². The highest BCUT2D eigenvalue weighted by molar-refractivity contribution is 5.30. The standard InChI is InChI=1S/C8H16N4O/c1-6(2)7(13)4-9-8-5-10-11-12(8)3/h5-7,9,13H,4H2,1-3H3. The fourth-order valence-corrected chi connectivity index (χ4v) is 0.895. The maximum absolute atomic E-state index is 9.50. The number of aryl methyl sites for hydroxylation is 1. The van der Waals surface area contributed by atoms with Gasteiger partial charge in [-0.1, -0.05) is 19.1 Å². The van der Waals surface area contributed by atoms with E-state index in [2.05, 4.69) is 15.6 Å². The molecule has 5 heteroatoms. The Bertz CT molecular complexity index is 258. The van der Waals surface area contributed by atoms with Gasteiger partial charge in [0.15, 0.2) is 0 Å². The van der Waals surface area contributed by atoms with E-state index in [1.807, 2.05) is 13.8 Å². The maximum Gasteiger partial charge on any atom is 0.144 e. The number of nitrogens with zero attached hydrogens (tertiary/aromatic N) is 3. The van der Waals surface area contributed by atoms with Gasteiger partial charge < -0.3 is 10.4 Å². The molecule has 1 aromatic rings. The summed E-state index contributed by atoms with van der Waals surface area (Å²) in [7, 11) is 1.80. The molecule has 2 N–H and O–H groups in total. The molecule has 13 heavy (non-hydrogen) atoms. The summed E-state index contributed by atoms with van der Waals surface area (Å²) in [6.45, 7) is 4.49. The van der Waals surface area contributed by atoms with Crippen LogP contribution in [0.15, 0.2) is 6.20 Å². The van der Waals surface area contributed by atoms with Crippen molar-refractivity contribution < 1.29 is 5.11 Å². The molecule has 1 aromatic heterocycles. The van der Waals surface area contributed by atoms with Crippen LogP contribution in [0.2, 0.25) is 0 Å². The van der Waals surface area contributed by atoms with Crippen LogP contribution in [-0.2, 0) is 7.05 Å². The van der Waals surface area contributed by atoms with Gasteiger partial charge in [-0.2, -0.15) is 0 Å². The number of hydrogen-bond donors (Lipinski definition) is 2. The third-order valence-electron chi connectivity index (χ3n) is 1.98. The van der Waals surface area contributed by atoms with E-state index in [4.69, 9.17) is 0 Å². The van der Waals surface area contributed by atoms with Crippen molar-refractivity contribution in [2.24, 2.45) is 13.0 Å². The Balaban J connectivity index is 2.39. The summed E-state index contributed by atoms with van der Waals surface area (Å²) in [6, 6.07) is 0. The molecule has 0 aliphatic heterocycles. The summed E-state index contributed by atoms with van der Waals surface area (Å²) in [4.78, 5) is 0. The molecule has 1 atom stereocenters. The zero-order chi connectivity index (χ0) is 9.84. The summed E-state index contributed by atoms with van der Waals surface area (Å²) in [5.74, 6) is 1.08. The maximum atomic E-state index is 9.50. The highest BCUT2D eigenvalue weighted by Crippen LogP contribution is 2.04. The monoisotopic (exact) mass is 184 g/mol. The van der Waals surface area contributed by atoms with Crippen molar-refractivity contribution in [3.05, 3.63) is 6.20 Å². The van der Waals surface area contributed by atoms with Crippen molar-refractivity contribution >= 4 is 5.82 Å². The largest absolute Gasteiger partial charge is 0.391 e. The van der Waals surface area contributed by atoms with E-state index in [-0.39, 0.29) is 12.0 Å². The lowest BCUT2D eigenvalue weighted by molar-refractivity contribution is 0.137. The number of aliphatic hydroxyl groups is 1. The van der Waals surface area contributed by atoms with Crippen molar-refractivity contribution in [3.8, 4) is 0 Å². The number of aliphatic hydroxyl groups excluding tert-OH is 1. The van der Waals surface area contributed by atoms with Gasteiger partial charge in [-0.05, 0) is 5.92 Å². The zero-order valence-electron chi connectivity index (χ0n) is 8.23. The van der Waals surface area contributed by atoms with Gasteiger partial charge >= 0.3 is 0 Å². The van der Waals surface area contributed by atoms with Gasteiger partial charge in [0.05, 0.1) is 12.3 Å². The number of nitrogens with one attached hydrogen (secondary N) is 1. The molecule has 1 rings (SSSR count). The minimum absolute atomic E-state index is 0.258. The second-order valence-corrected chi connectivity index (χ2v) is 3.44. The van der Waals surface area contributed by atoms with Gasteiger partial charge in [0.2, 0.25) is 0 Å². The molecule has 0 fully saturated rings. The molecule has 0 saturated heterocycles. The Labute approximate surface area is 77.8 Å². The lowest BCUT2D eigenvalue weighted by Gasteiger charge is -2.15. The molecule has 74 valence electrons. The number of anilines is 1. The summed E-state index contributed by atoms with van der Waals surface area (Å²) in [5.41, 5.74) is 0. The van der Waals surface area contributed by atoms with Crippen molar-refractivity contribution in [2.75, 3.05) is 11.9 Å². The molecule has 0 radical (unpaired) electrons. The Morgan fingerprint density at radius 1 is 1.62 bits per heavy atom. The predicted molar refractivity (Wildman–Crippen MR) is 50.3 cm³/mol. The van der Waals surface area contributed by atoms with E-state index in [0.29, 0.717) is 6.54 Å². The quantitative estimate of drug-likeness (QED) is 0.703. The molecule has 1 unspecified atom stereocenters. The van der Waals surface area contributed by atoms with Gasteiger partial charge in [0.1, 0.15) is 5.82 Å². The zero-order valence-corrected chi connectivity index (χ0v) is 8.23. The topological polar surface area (TPSA) is 63.0 Å². The van der Waals surface area contributed by atoms with Crippen LogP contribution >= 0.6 is 0 Å². The van der Waals surface area contributed by atoms with Crippen molar-refractivity contribution in [1.82, 2.24) is 15.0 Å². The Hall–Kier alpha value is -1.10. The first kappa shape index (κ1) is 9.98. The van der Waals surface area contributed by atoms with Gasteiger partial charge in [-0.15, -0.1) is 5.10 Å². The van der Waals surface area contributed by atoms with Crippen LogP contribution in [-0.4, -0.2) is 32.7 Å². The van der Waals surface area contributed by atoms with Crippen molar-refractivity contribution in [3.63, 3.8) is 0 Å². The second-order valence-electron chi connectivity index (χ2n) is 3.44. The summed E-state index contributed by atoms with van der Waals surface area (Å²) in [6.07, 6.45) is 1.29. The van der Waals surface area contributed by atoms with Gasteiger partial charge in [0.25, 0.3) is 0 Å². The first-order valence-electron chi connectivity index (χ1n) is 4.38. The minimum Gasteiger partial charge on any atom is -0.391 e. The number of hydrogen-bond acceptors (Lipinski definition) is 4. The normalized spacial score (nSPS) is 13.3. The van der Waals surface area contributed by atoms with Crippen LogP contribution in [0.4, 0.5) is 5.82 Å². The predicted octanol–water partition coefficient (Wildman–Crippen LogP) is 0.244. The number of aromatic nitrogens is 3. The van der Waals surface area contributed by atoms with E-state index in [0.717, 1.165) is 5.82 Å². The average Bonchev–Trinajstić information content (AvgIpc) is 2.47. The van der Waals surface area contributed by atoms with Crippen LogP contribution < -0.4 is 5.32 Å². The molecule has 0 aliphatic carbocycles. The van der Waals surface area contributed by atoms with Crippen LogP contribution in [0.3, 0.4) is 0 Å². The van der Waals surface area contributed by atoms with Gasteiger partial charge in [0, 0.05) is 13.6 Å². The molecule has 0 bridgehead atoms. The highest BCUT2D eigenvalue weighted by Gasteiger charge is 2.09. The lowest BCUT2D eigenvalue weighted by atomic mass is 10.1. The molecule has 0 saturated carbocycles. The minimum atomic E-state index is -0.338. The second kappa shape index (κ2) is 4.23. The van der Waals surface area contributed by atoms with Gasteiger partial charge in [-0.3, -0.25) is 0 Å². The smallest absolute Gasteiger partial charge is 0.144 e. The number of rotatable bonds is 4. The summed E-state index contributed by atoms with van der Waals surface area (Å²) in [5, 5.41) is 20.0. The SMILES string of the molecule is CC(C)C(O)CNc1cnnn1C. The van der Waals surface area contributed by atoms with E-state index in [1.165, 1.54) is 0 Å². The van der Waals surface area contributed by atoms with Crippen LogP contribution in [0.5, 0.6) is 0 Å². The van der Waals surface area contributed by atoms with Crippen LogP contribution in [0.25, 0.3) is 0 Å². The van der Waals surface area contributed by atoms with E-state index >= 15 is 0 Å². The molecule has 0 amide bonds. The third kappa shape index (κ3) is 2.69. The lowest BCUT2D eigenvalue weighted by Crippen LogP contribution is -2.25. The molecular weight excluding hydrogens is 168 g/mol. The van der Waals surface area contributed by atoms with E-state index in [1.54, 1.807) is 17.9 Å². The molecule has 0 spiro atoms. The van der Waals surface area contributed by atoms with E-state index in [9.17, 15) is 5.11 Å². The fraction of sp³-hybridized carbons (Fsp3) is 0.750. The Kier molecular flexibility index (Phi) is 3.25. The molecule has 1 heterocycles. The first-order chi connectivity index (χ1) is 6.11. The fourth-order valence-electron chi connectivity index (χ4n) is 0.895. The summed E-state index contributed by atoms with van der Waals surface area (Å²) < 4.78 is 1.63. The van der Waals surface area contributed by atoms with Crippen LogP contribution in [0.1, 0.15) is 13.8 Å². The van der Waals surface area contributed by atoms with E-state index < -0.39 is 0 Å². The highest BCUT2D eigenvalue weighted by atomic mass is 16.3. The molecule has 0 aliphatic rings. The Morgan fingerprint density at radius 3 is 2.77 bits per heavy atom. The first-order valence-corrected chi connectivity index (χ1v) is 4.38. The van der Waals surface area contributed by atoms with Crippen molar-refractivity contribution in [2.45, 2.75) is 20.0 Å². The summed E-state index contributed by atoms with van der Waals surface area (Å²) >= 11 is 0. The molecule has 0 aromatic carbocycles. The van der Waals surface area contributed by atoms with Crippen LogP contribution in [0, 0.1) is 5.92 Å². The third-order valence-corrected chi connectivity index (χ3v) is 1.98. The average molecular weight is 184 g/mol. The Morgan fingerprint density at radius 2 is 2.31 bits per heavy atom. The molecule has 5 nitrogen and oxygen atoms in total. The van der Waals surface area contributed by atoms with Gasteiger partial charge in [-0.25, -0.2) is 4.68 Å². The molecular formula is C8H16N4O.